The van der Waals surface area contributed by atoms with Crippen LogP contribution in [-0.2, 0) is 4.79 Å². The Morgan fingerprint density at radius 3 is 2.53 bits per heavy atom. The molecule has 0 radical (unpaired) electrons. The Bertz CT molecular complexity index is 242. The number of hydrogen-bond donors (Lipinski definition) is 1. The van der Waals surface area contributed by atoms with Crippen LogP contribution in [0.1, 0.15) is 26.7 Å². The van der Waals surface area contributed by atoms with Crippen LogP contribution < -0.4 is 5.73 Å². The van der Waals surface area contributed by atoms with Gasteiger partial charge in [-0.1, -0.05) is 20.3 Å². The first kappa shape index (κ1) is 10.9. The molecule has 2 rings (SSSR count). The van der Waals surface area contributed by atoms with Crippen molar-refractivity contribution in [2.45, 2.75) is 26.7 Å². The molecule has 1 aliphatic carbocycles. The number of amides is 1. The third-order valence-corrected chi connectivity index (χ3v) is 4.10. The summed E-state index contributed by atoms with van der Waals surface area (Å²) >= 11 is 0. The Kier molecular flexibility index (Phi) is 3.01. The molecular weight excluding hydrogens is 188 g/mol. The van der Waals surface area contributed by atoms with Crippen LogP contribution in [0.3, 0.4) is 0 Å². The molecule has 0 aromatic heterocycles. The summed E-state index contributed by atoms with van der Waals surface area (Å²) in [5.41, 5.74) is 5.65. The zero-order valence-corrected chi connectivity index (χ0v) is 9.78. The van der Waals surface area contributed by atoms with E-state index in [1.54, 1.807) is 0 Å². The SMILES string of the molecule is CCCC(C)C(=O)N1CC2C(CN)C2C1. The van der Waals surface area contributed by atoms with Crippen LogP contribution in [0.15, 0.2) is 0 Å². The predicted molar refractivity (Wildman–Crippen MR) is 60.2 cm³/mol. The fraction of sp³-hybridized carbons (Fsp3) is 0.917. The second kappa shape index (κ2) is 4.12. The van der Waals surface area contributed by atoms with Gasteiger partial charge in [-0.15, -0.1) is 0 Å². The summed E-state index contributed by atoms with van der Waals surface area (Å²) in [4.78, 5) is 14.0. The highest BCUT2D eigenvalue weighted by Crippen LogP contribution is 2.51. The van der Waals surface area contributed by atoms with Gasteiger partial charge in [0, 0.05) is 19.0 Å². The quantitative estimate of drug-likeness (QED) is 0.755. The standard InChI is InChI=1S/C12H22N2O/c1-3-4-8(2)12(15)14-6-10-9(5-13)11(10)7-14/h8-11H,3-7,13H2,1-2H3. The number of nitrogens with two attached hydrogens (primary N) is 1. The minimum absolute atomic E-state index is 0.212. The Balaban J connectivity index is 1.81. The molecule has 0 spiro atoms. The van der Waals surface area contributed by atoms with Gasteiger partial charge in [-0.25, -0.2) is 0 Å². The predicted octanol–water partition coefficient (Wildman–Crippen LogP) is 1.09. The van der Waals surface area contributed by atoms with E-state index < -0.39 is 0 Å². The van der Waals surface area contributed by atoms with Crippen molar-refractivity contribution in [1.29, 1.82) is 0 Å². The average Bonchev–Trinajstić information content (AvgIpc) is 2.69. The van der Waals surface area contributed by atoms with Crippen molar-refractivity contribution < 1.29 is 4.79 Å². The van der Waals surface area contributed by atoms with Crippen molar-refractivity contribution in [1.82, 2.24) is 4.90 Å². The second-order valence-electron chi connectivity index (χ2n) is 5.16. The number of carbonyl (C=O) groups is 1. The Morgan fingerprint density at radius 2 is 2.07 bits per heavy atom. The van der Waals surface area contributed by atoms with E-state index >= 15 is 0 Å². The molecule has 3 unspecified atom stereocenters. The van der Waals surface area contributed by atoms with Gasteiger partial charge in [-0.2, -0.15) is 0 Å². The number of hydrogen-bond acceptors (Lipinski definition) is 2. The van der Waals surface area contributed by atoms with E-state index in [0.717, 1.165) is 50.2 Å². The fourth-order valence-electron chi connectivity index (χ4n) is 3.05. The minimum Gasteiger partial charge on any atom is -0.342 e. The summed E-state index contributed by atoms with van der Waals surface area (Å²) in [6, 6.07) is 0. The monoisotopic (exact) mass is 210 g/mol. The first-order valence-corrected chi connectivity index (χ1v) is 6.17. The molecule has 3 nitrogen and oxygen atoms in total. The molecule has 0 bridgehead atoms. The van der Waals surface area contributed by atoms with E-state index in [2.05, 4.69) is 18.7 Å². The molecular formula is C12H22N2O. The highest BCUT2D eigenvalue weighted by atomic mass is 16.2. The Labute approximate surface area is 92.0 Å². The maximum absolute atomic E-state index is 12.0. The van der Waals surface area contributed by atoms with Crippen LogP contribution >= 0.6 is 0 Å². The van der Waals surface area contributed by atoms with Gasteiger partial charge in [-0.3, -0.25) is 4.79 Å². The molecule has 2 N–H and O–H groups in total. The highest BCUT2D eigenvalue weighted by molar-refractivity contribution is 5.79. The van der Waals surface area contributed by atoms with Gasteiger partial charge in [0.25, 0.3) is 0 Å². The normalized spacial score (nSPS) is 35.1. The molecule has 2 fully saturated rings. The summed E-state index contributed by atoms with van der Waals surface area (Å²) in [5.74, 6) is 2.75. The van der Waals surface area contributed by atoms with Gasteiger partial charge >= 0.3 is 0 Å². The molecule has 0 aromatic carbocycles. The van der Waals surface area contributed by atoms with Crippen molar-refractivity contribution in [2.75, 3.05) is 19.6 Å². The number of piperidine rings is 1. The van der Waals surface area contributed by atoms with Crippen LogP contribution in [0.25, 0.3) is 0 Å². The number of rotatable bonds is 4. The van der Waals surface area contributed by atoms with Crippen molar-refractivity contribution in [3.05, 3.63) is 0 Å². The van der Waals surface area contributed by atoms with Gasteiger partial charge in [0.1, 0.15) is 0 Å². The molecule has 15 heavy (non-hydrogen) atoms. The highest BCUT2D eigenvalue weighted by Gasteiger charge is 2.55. The first-order chi connectivity index (χ1) is 7.19. The number of nitrogens with zero attached hydrogens (tertiary/aromatic N) is 1. The lowest BCUT2D eigenvalue weighted by Gasteiger charge is -2.23. The summed E-state index contributed by atoms with van der Waals surface area (Å²) < 4.78 is 0. The van der Waals surface area contributed by atoms with Crippen LogP contribution in [-0.4, -0.2) is 30.4 Å². The molecule has 3 atom stereocenters. The molecule has 1 amide bonds. The van der Waals surface area contributed by atoms with Gasteiger partial charge in [0.2, 0.25) is 5.91 Å². The zero-order valence-electron chi connectivity index (χ0n) is 9.78. The topological polar surface area (TPSA) is 46.3 Å². The van der Waals surface area contributed by atoms with E-state index in [-0.39, 0.29) is 5.92 Å². The second-order valence-corrected chi connectivity index (χ2v) is 5.16. The maximum atomic E-state index is 12.0. The van der Waals surface area contributed by atoms with Gasteiger partial charge in [0.15, 0.2) is 0 Å². The van der Waals surface area contributed by atoms with Crippen molar-refractivity contribution >= 4 is 5.91 Å². The molecule has 3 heteroatoms. The van der Waals surface area contributed by atoms with Gasteiger partial charge in [-0.05, 0) is 30.7 Å². The third-order valence-electron chi connectivity index (χ3n) is 4.10. The lowest BCUT2D eigenvalue weighted by molar-refractivity contribution is -0.134. The van der Waals surface area contributed by atoms with Crippen LogP contribution in [0.2, 0.25) is 0 Å². The summed E-state index contributed by atoms with van der Waals surface area (Å²) in [7, 11) is 0. The molecule has 1 saturated heterocycles. The lowest BCUT2D eigenvalue weighted by atomic mass is 10.0. The number of carbonyl (C=O) groups excluding carboxylic acids is 1. The van der Waals surface area contributed by atoms with Gasteiger partial charge < -0.3 is 10.6 Å². The molecule has 2 aliphatic rings. The zero-order chi connectivity index (χ0) is 11.0. The van der Waals surface area contributed by atoms with E-state index in [1.165, 1.54) is 0 Å². The third kappa shape index (κ3) is 1.89. The Hall–Kier alpha value is -0.570. The largest absolute Gasteiger partial charge is 0.342 e. The molecule has 1 aliphatic heterocycles. The average molecular weight is 210 g/mol. The smallest absolute Gasteiger partial charge is 0.225 e. The van der Waals surface area contributed by atoms with E-state index in [4.69, 9.17) is 5.73 Å². The first-order valence-electron chi connectivity index (χ1n) is 6.17. The van der Waals surface area contributed by atoms with Crippen molar-refractivity contribution in [3.8, 4) is 0 Å². The van der Waals surface area contributed by atoms with E-state index in [0.29, 0.717) is 5.91 Å². The Morgan fingerprint density at radius 1 is 1.47 bits per heavy atom. The van der Waals surface area contributed by atoms with E-state index in [9.17, 15) is 4.79 Å². The fourth-order valence-corrected chi connectivity index (χ4v) is 3.05. The van der Waals surface area contributed by atoms with Gasteiger partial charge in [0.05, 0.1) is 0 Å². The van der Waals surface area contributed by atoms with Crippen molar-refractivity contribution in [3.63, 3.8) is 0 Å². The molecule has 1 saturated carbocycles. The van der Waals surface area contributed by atoms with Crippen LogP contribution in [0.5, 0.6) is 0 Å². The van der Waals surface area contributed by atoms with E-state index in [1.807, 2.05) is 0 Å². The molecule has 1 heterocycles. The summed E-state index contributed by atoms with van der Waals surface area (Å²) in [5, 5.41) is 0. The maximum Gasteiger partial charge on any atom is 0.225 e. The summed E-state index contributed by atoms with van der Waals surface area (Å²) in [6.07, 6.45) is 2.12. The van der Waals surface area contributed by atoms with Crippen LogP contribution in [0, 0.1) is 23.7 Å². The lowest BCUT2D eigenvalue weighted by Crippen LogP contribution is -2.36. The molecule has 0 aromatic rings. The number of fused-ring (bicyclic) bond motifs is 1. The minimum atomic E-state index is 0.212. The number of likely N-dealkylation sites (tertiary alicyclic amines) is 1. The van der Waals surface area contributed by atoms with Crippen molar-refractivity contribution in [2.24, 2.45) is 29.4 Å². The molecule has 86 valence electrons. The van der Waals surface area contributed by atoms with Crippen LogP contribution in [0.4, 0.5) is 0 Å². The summed E-state index contributed by atoms with van der Waals surface area (Å²) in [6.45, 7) is 6.94.